The quantitative estimate of drug-likeness (QED) is 0.583. The second kappa shape index (κ2) is 7.46. The second-order valence-electron chi connectivity index (χ2n) is 4.88. The average Bonchev–Trinajstić information content (AvgIpc) is 2.42. The van der Waals surface area contributed by atoms with Crippen molar-refractivity contribution in [2.75, 3.05) is 17.6 Å². The van der Waals surface area contributed by atoms with Crippen LogP contribution in [0.4, 0.5) is 0 Å². The number of rotatable bonds is 5. The van der Waals surface area contributed by atoms with E-state index >= 15 is 0 Å². The molecule has 1 aliphatic rings. The molecule has 1 heterocycles. The first-order chi connectivity index (χ1) is 8.79. The number of alkyl halides is 1. The number of aryl methyl sites for hydroxylation is 1. The van der Waals surface area contributed by atoms with E-state index in [9.17, 15) is 0 Å². The van der Waals surface area contributed by atoms with Gasteiger partial charge in [-0.05, 0) is 31.7 Å². The molecular weight excluding hydrogens is 339 g/mol. The molecule has 1 aromatic carbocycles. The molecule has 1 saturated heterocycles. The average molecular weight is 360 g/mol. The highest BCUT2D eigenvalue weighted by molar-refractivity contribution is 14.1. The van der Waals surface area contributed by atoms with Gasteiger partial charge in [0.2, 0.25) is 0 Å². The van der Waals surface area contributed by atoms with Crippen LogP contribution in [0.3, 0.4) is 0 Å². The van der Waals surface area contributed by atoms with E-state index in [1.54, 1.807) is 0 Å². The molecule has 0 saturated carbocycles. The van der Waals surface area contributed by atoms with Crippen LogP contribution in [0, 0.1) is 6.92 Å². The SMILES string of the molecule is Cc1ccc(C(CI)OCC2CCCCO2)cc1. The maximum atomic E-state index is 6.02. The predicted octanol–water partition coefficient (Wildman–Crippen LogP) is 4.06. The standard InChI is InChI=1S/C15H21IO2/c1-12-5-7-13(8-6-12)15(10-16)18-11-14-4-2-3-9-17-14/h5-8,14-15H,2-4,9-11H2,1H3. The monoisotopic (exact) mass is 360 g/mol. The minimum absolute atomic E-state index is 0.191. The Morgan fingerprint density at radius 1 is 1.33 bits per heavy atom. The van der Waals surface area contributed by atoms with Gasteiger partial charge in [-0.3, -0.25) is 0 Å². The van der Waals surface area contributed by atoms with Gasteiger partial charge in [-0.1, -0.05) is 52.4 Å². The van der Waals surface area contributed by atoms with Crippen molar-refractivity contribution in [2.45, 2.75) is 38.4 Å². The third kappa shape index (κ3) is 4.21. The summed E-state index contributed by atoms with van der Waals surface area (Å²) in [4.78, 5) is 0. The summed E-state index contributed by atoms with van der Waals surface area (Å²) in [5, 5.41) is 0. The fourth-order valence-electron chi connectivity index (χ4n) is 2.17. The summed E-state index contributed by atoms with van der Waals surface area (Å²) in [6.45, 7) is 3.73. The Hall–Kier alpha value is -0.130. The molecule has 0 aromatic heterocycles. The van der Waals surface area contributed by atoms with Crippen molar-refractivity contribution in [1.82, 2.24) is 0 Å². The summed E-state index contributed by atoms with van der Waals surface area (Å²) in [6.07, 6.45) is 4.10. The second-order valence-corrected chi connectivity index (χ2v) is 5.76. The molecule has 3 heteroatoms. The lowest BCUT2D eigenvalue weighted by atomic mass is 10.1. The zero-order valence-corrected chi connectivity index (χ0v) is 13.1. The van der Waals surface area contributed by atoms with E-state index in [0.717, 1.165) is 24.1 Å². The van der Waals surface area contributed by atoms with Crippen LogP contribution < -0.4 is 0 Å². The summed E-state index contributed by atoms with van der Waals surface area (Å²) in [5.74, 6) is 0. The summed E-state index contributed by atoms with van der Waals surface area (Å²) in [7, 11) is 0. The molecule has 100 valence electrons. The van der Waals surface area contributed by atoms with Gasteiger partial charge < -0.3 is 9.47 Å². The van der Waals surface area contributed by atoms with Gasteiger partial charge >= 0.3 is 0 Å². The highest BCUT2D eigenvalue weighted by atomic mass is 127. The summed E-state index contributed by atoms with van der Waals surface area (Å²) in [5.41, 5.74) is 2.56. The van der Waals surface area contributed by atoms with E-state index in [0.29, 0.717) is 6.10 Å². The van der Waals surface area contributed by atoms with Gasteiger partial charge in [0.05, 0.1) is 18.8 Å². The van der Waals surface area contributed by atoms with Gasteiger partial charge in [0.15, 0.2) is 0 Å². The van der Waals surface area contributed by atoms with Crippen LogP contribution in [0.25, 0.3) is 0 Å². The Morgan fingerprint density at radius 2 is 2.11 bits per heavy atom. The van der Waals surface area contributed by atoms with Crippen molar-refractivity contribution in [2.24, 2.45) is 0 Å². The zero-order valence-electron chi connectivity index (χ0n) is 10.9. The highest BCUT2D eigenvalue weighted by Crippen LogP contribution is 2.22. The summed E-state index contributed by atoms with van der Waals surface area (Å²) < 4.78 is 12.7. The van der Waals surface area contributed by atoms with Crippen molar-refractivity contribution >= 4 is 22.6 Å². The minimum atomic E-state index is 0.191. The molecule has 0 spiro atoms. The smallest absolute Gasteiger partial charge is 0.0915 e. The van der Waals surface area contributed by atoms with Gasteiger partial charge in [-0.15, -0.1) is 0 Å². The Balaban J connectivity index is 1.86. The molecule has 1 fully saturated rings. The number of benzene rings is 1. The minimum Gasteiger partial charge on any atom is -0.376 e. The number of hydrogen-bond donors (Lipinski definition) is 0. The van der Waals surface area contributed by atoms with Crippen LogP contribution in [0.5, 0.6) is 0 Å². The molecule has 1 aliphatic heterocycles. The largest absolute Gasteiger partial charge is 0.376 e. The molecule has 0 amide bonds. The lowest BCUT2D eigenvalue weighted by Crippen LogP contribution is -2.25. The fraction of sp³-hybridized carbons (Fsp3) is 0.600. The van der Waals surface area contributed by atoms with Crippen LogP contribution in [-0.2, 0) is 9.47 Å². The fourth-order valence-corrected chi connectivity index (χ4v) is 2.94. The van der Waals surface area contributed by atoms with E-state index < -0.39 is 0 Å². The number of ether oxygens (including phenoxy) is 2. The van der Waals surface area contributed by atoms with Gasteiger partial charge in [-0.25, -0.2) is 0 Å². The van der Waals surface area contributed by atoms with Gasteiger partial charge in [0, 0.05) is 11.0 Å². The molecule has 2 nitrogen and oxygen atoms in total. The number of hydrogen-bond acceptors (Lipinski definition) is 2. The van der Waals surface area contributed by atoms with Crippen molar-refractivity contribution in [3.8, 4) is 0 Å². The van der Waals surface area contributed by atoms with Crippen LogP contribution >= 0.6 is 22.6 Å². The van der Waals surface area contributed by atoms with E-state index in [-0.39, 0.29) is 6.10 Å². The van der Waals surface area contributed by atoms with Crippen LogP contribution in [0.15, 0.2) is 24.3 Å². The first kappa shape index (κ1) is 14.3. The van der Waals surface area contributed by atoms with Crippen LogP contribution in [0.2, 0.25) is 0 Å². The van der Waals surface area contributed by atoms with E-state index in [2.05, 4.69) is 53.8 Å². The predicted molar refractivity (Wildman–Crippen MR) is 82.4 cm³/mol. The maximum absolute atomic E-state index is 6.02. The Morgan fingerprint density at radius 3 is 2.72 bits per heavy atom. The molecule has 2 atom stereocenters. The van der Waals surface area contributed by atoms with E-state index in [1.165, 1.54) is 24.0 Å². The lowest BCUT2D eigenvalue weighted by Gasteiger charge is -2.25. The Kier molecular flexibility index (Phi) is 5.92. The van der Waals surface area contributed by atoms with Crippen molar-refractivity contribution < 1.29 is 9.47 Å². The molecule has 0 bridgehead atoms. The third-order valence-corrected chi connectivity index (χ3v) is 4.15. The molecule has 2 rings (SSSR count). The molecule has 1 aromatic rings. The van der Waals surface area contributed by atoms with Gasteiger partial charge in [0.1, 0.15) is 0 Å². The first-order valence-electron chi connectivity index (χ1n) is 6.65. The molecular formula is C15H21IO2. The Bertz CT molecular complexity index is 344. The van der Waals surface area contributed by atoms with E-state index in [1.807, 2.05) is 0 Å². The van der Waals surface area contributed by atoms with Crippen molar-refractivity contribution in [3.63, 3.8) is 0 Å². The third-order valence-electron chi connectivity index (χ3n) is 3.35. The first-order valence-corrected chi connectivity index (χ1v) is 8.18. The normalized spacial score (nSPS) is 21.8. The molecule has 0 aliphatic carbocycles. The molecule has 2 unspecified atom stereocenters. The molecule has 0 radical (unpaired) electrons. The van der Waals surface area contributed by atoms with Crippen LogP contribution in [0.1, 0.15) is 36.5 Å². The van der Waals surface area contributed by atoms with Crippen molar-refractivity contribution in [3.05, 3.63) is 35.4 Å². The van der Waals surface area contributed by atoms with E-state index in [4.69, 9.17) is 9.47 Å². The highest BCUT2D eigenvalue weighted by Gasteiger charge is 2.17. The zero-order chi connectivity index (χ0) is 12.8. The summed E-state index contributed by atoms with van der Waals surface area (Å²) >= 11 is 2.39. The Labute approximate surface area is 123 Å². The summed E-state index contributed by atoms with van der Waals surface area (Å²) in [6, 6.07) is 8.63. The maximum Gasteiger partial charge on any atom is 0.0915 e. The lowest BCUT2D eigenvalue weighted by molar-refractivity contribution is -0.0582. The van der Waals surface area contributed by atoms with Crippen molar-refractivity contribution in [1.29, 1.82) is 0 Å². The van der Waals surface area contributed by atoms with Gasteiger partial charge in [-0.2, -0.15) is 0 Å². The molecule has 0 N–H and O–H groups in total. The van der Waals surface area contributed by atoms with Gasteiger partial charge in [0.25, 0.3) is 0 Å². The molecule has 18 heavy (non-hydrogen) atoms. The van der Waals surface area contributed by atoms with Crippen LogP contribution in [-0.4, -0.2) is 23.7 Å². The topological polar surface area (TPSA) is 18.5 Å². The number of halogens is 1.